The monoisotopic (exact) mass is 371 g/mol. The molecule has 0 unspecified atom stereocenters. The molecule has 1 amide bonds. The normalized spacial score (nSPS) is 10.7. The number of rotatable bonds is 3. The van der Waals surface area contributed by atoms with Crippen molar-refractivity contribution < 1.29 is 9.21 Å². The number of halogens is 1. The van der Waals surface area contributed by atoms with Gasteiger partial charge in [-0.25, -0.2) is 4.79 Å². The minimum absolute atomic E-state index is 0.0361. The molecule has 3 rings (SSSR count). The minimum atomic E-state index is -0.621. The Morgan fingerprint density at radius 1 is 1.13 bits per heavy atom. The lowest BCUT2D eigenvalue weighted by molar-refractivity contribution is 0.0781. The lowest BCUT2D eigenvalue weighted by Crippen LogP contribution is -2.30. The third-order valence-electron chi connectivity index (χ3n) is 3.53. The SMILES string of the molecule is CN(Cc1ccccc1)C(=O)c1cc2cc(Br)ccc2oc1=O. The highest BCUT2D eigenvalue weighted by Crippen LogP contribution is 2.20. The second kappa shape index (κ2) is 6.38. The smallest absolute Gasteiger partial charge is 0.349 e. The fourth-order valence-corrected chi connectivity index (χ4v) is 2.76. The fraction of sp³-hybridized carbons (Fsp3) is 0.111. The van der Waals surface area contributed by atoms with Gasteiger partial charge in [-0.2, -0.15) is 0 Å². The molecule has 1 aromatic heterocycles. The van der Waals surface area contributed by atoms with Crippen LogP contribution in [0.1, 0.15) is 15.9 Å². The summed E-state index contributed by atoms with van der Waals surface area (Å²) in [6, 6.07) is 16.5. The summed E-state index contributed by atoms with van der Waals surface area (Å²) < 4.78 is 6.10. The molecule has 5 heteroatoms. The molecule has 3 aromatic rings. The average Bonchev–Trinajstić information content (AvgIpc) is 2.55. The van der Waals surface area contributed by atoms with Crippen molar-refractivity contribution in [3.05, 3.63) is 80.6 Å². The van der Waals surface area contributed by atoms with E-state index in [0.717, 1.165) is 10.0 Å². The summed E-state index contributed by atoms with van der Waals surface area (Å²) in [4.78, 5) is 26.1. The van der Waals surface area contributed by atoms with Gasteiger partial charge in [0.25, 0.3) is 5.91 Å². The van der Waals surface area contributed by atoms with E-state index >= 15 is 0 Å². The lowest BCUT2D eigenvalue weighted by Gasteiger charge is -2.16. The van der Waals surface area contributed by atoms with E-state index in [9.17, 15) is 9.59 Å². The number of hydrogen-bond acceptors (Lipinski definition) is 3. The first-order valence-electron chi connectivity index (χ1n) is 7.07. The van der Waals surface area contributed by atoms with Gasteiger partial charge < -0.3 is 9.32 Å². The summed E-state index contributed by atoms with van der Waals surface area (Å²) in [6.45, 7) is 0.426. The summed E-state index contributed by atoms with van der Waals surface area (Å²) >= 11 is 3.37. The van der Waals surface area contributed by atoms with Gasteiger partial charge in [-0.05, 0) is 29.8 Å². The molecule has 0 radical (unpaired) electrons. The number of carbonyl (C=O) groups excluding carboxylic acids is 1. The highest BCUT2D eigenvalue weighted by atomic mass is 79.9. The number of amides is 1. The molecule has 4 nitrogen and oxygen atoms in total. The van der Waals surface area contributed by atoms with Crippen molar-refractivity contribution in [3.63, 3.8) is 0 Å². The standard InChI is InChI=1S/C18H14BrNO3/c1-20(11-12-5-3-2-4-6-12)17(21)15-10-13-9-14(19)7-8-16(13)23-18(15)22/h2-10H,11H2,1H3. The number of carbonyl (C=O) groups is 1. The van der Waals surface area contributed by atoms with E-state index in [1.807, 2.05) is 36.4 Å². The Balaban J connectivity index is 1.93. The molecule has 0 atom stereocenters. The Hall–Kier alpha value is -2.40. The quantitative estimate of drug-likeness (QED) is 0.657. The predicted molar refractivity (Wildman–Crippen MR) is 92.4 cm³/mol. The molecule has 0 fully saturated rings. The minimum Gasteiger partial charge on any atom is -0.422 e. The number of hydrogen-bond donors (Lipinski definition) is 0. The maximum absolute atomic E-state index is 12.6. The molecule has 0 bridgehead atoms. The third kappa shape index (κ3) is 3.35. The van der Waals surface area contributed by atoms with Crippen LogP contribution in [0.15, 0.2) is 68.3 Å². The zero-order valence-corrected chi connectivity index (χ0v) is 14.0. The van der Waals surface area contributed by atoms with Gasteiger partial charge in [0.05, 0.1) is 0 Å². The molecule has 1 heterocycles. The molecule has 0 saturated carbocycles. The van der Waals surface area contributed by atoms with Crippen LogP contribution < -0.4 is 5.63 Å². The highest BCUT2D eigenvalue weighted by molar-refractivity contribution is 9.10. The largest absolute Gasteiger partial charge is 0.422 e. The van der Waals surface area contributed by atoms with Crippen LogP contribution in [-0.2, 0) is 6.54 Å². The van der Waals surface area contributed by atoms with Crippen molar-refractivity contribution in [1.29, 1.82) is 0 Å². The van der Waals surface area contributed by atoms with Gasteiger partial charge in [0.15, 0.2) is 0 Å². The Labute approximate surface area is 141 Å². The fourth-order valence-electron chi connectivity index (χ4n) is 2.38. The second-order valence-electron chi connectivity index (χ2n) is 5.28. The topological polar surface area (TPSA) is 50.5 Å². The van der Waals surface area contributed by atoms with Gasteiger partial charge in [0.2, 0.25) is 0 Å². The highest BCUT2D eigenvalue weighted by Gasteiger charge is 2.18. The molecular formula is C18H14BrNO3. The van der Waals surface area contributed by atoms with Crippen LogP contribution in [0.25, 0.3) is 11.0 Å². The van der Waals surface area contributed by atoms with E-state index in [1.54, 1.807) is 25.2 Å². The van der Waals surface area contributed by atoms with E-state index in [0.29, 0.717) is 17.5 Å². The maximum Gasteiger partial charge on any atom is 0.349 e. The predicted octanol–water partition coefficient (Wildman–Crippen LogP) is 3.83. The number of fused-ring (bicyclic) bond motifs is 1. The van der Waals surface area contributed by atoms with E-state index in [-0.39, 0.29) is 11.5 Å². The summed E-state index contributed by atoms with van der Waals surface area (Å²) in [5, 5.41) is 0.704. The molecule has 0 aliphatic rings. The number of benzene rings is 2. The van der Waals surface area contributed by atoms with Crippen molar-refractivity contribution in [3.8, 4) is 0 Å². The van der Waals surface area contributed by atoms with E-state index in [2.05, 4.69) is 15.9 Å². The van der Waals surface area contributed by atoms with Gasteiger partial charge in [-0.1, -0.05) is 46.3 Å². The van der Waals surface area contributed by atoms with Crippen molar-refractivity contribution >= 4 is 32.8 Å². The zero-order valence-electron chi connectivity index (χ0n) is 12.5. The molecule has 0 saturated heterocycles. The van der Waals surface area contributed by atoms with Crippen LogP contribution in [0, 0.1) is 0 Å². The van der Waals surface area contributed by atoms with Crippen molar-refractivity contribution in [2.75, 3.05) is 7.05 Å². The Bertz CT molecular complexity index is 918. The summed E-state index contributed by atoms with van der Waals surface area (Å²) in [5.41, 5.74) is 0.871. The summed E-state index contributed by atoms with van der Waals surface area (Å²) in [5.74, 6) is -0.357. The zero-order chi connectivity index (χ0) is 16.4. The summed E-state index contributed by atoms with van der Waals surface area (Å²) in [6.07, 6.45) is 0. The molecule has 0 N–H and O–H groups in total. The first kappa shape index (κ1) is 15.5. The van der Waals surface area contributed by atoms with Crippen LogP contribution in [0.4, 0.5) is 0 Å². The third-order valence-corrected chi connectivity index (χ3v) is 4.03. The van der Waals surface area contributed by atoms with E-state index < -0.39 is 5.63 Å². The Kier molecular flexibility index (Phi) is 4.30. The molecule has 0 aliphatic carbocycles. The molecule has 116 valence electrons. The first-order valence-corrected chi connectivity index (χ1v) is 7.87. The van der Waals surface area contributed by atoms with Gasteiger partial charge in [0, 0.05) is 23.5 Å². The van der Waals surface area contributed by atoms with Gasteiger partial charge in [-0.15, -0.1) is 0 Å². The van der Waals surface area contributed by atoms with Crippen LogP contribution in [0.3, 0.4) is 0 Å². The van der Waals surface area contributed by atoms with Crippen LogP contribution in [0.5, 0.6) is 0 Å². The number of nitrogens with zero attached hydrogens (tertiary/aromatic N) is 1. The van der Waals surface area contributed by atoms with E-state index in [4.69, 9.17) is 4.42 Å². The lowest BCUT2D eigenvalue weighted by atomic mass is 10.1. The van der Waals surface area contributed by atoms with Crippen LogP contribution in [-0.4, -0.2) is 17.9 Å². The van der Waals surface area contributed by atoms with Crippen molar-refractivity contribution in [2.45, 2.75) is 6.54 Å². The van der Waals surface area contributed by atoms with Crippen LogP contribution >= 0.6 is 15.9 Å². The molecule has 0 spiro atoms. The van der Waals surface area contributed by atoms with E-state index in [1.165, 1.54) is 4.90 Å². The molecular weight excluding hydrogens is 358 g/mol. The Morgan fingerprint density at radius 2 is 1.87 bits per heavy atom. The van der Waals surface area contributed by atoms with Gasteiger partial charge in [-0.3, -0.25) is 4.79 Å². The average molecular weight is 372 g/mol. The maximum atomic E-state index is 12.6. The van der Waals surface area contributed by atoms with Crippen molar-refractivity contribution in [2.24, 2.45) is 0 Å². The van der Waals surface area contributed by atoms with Gasteiger partial charge >= 0.3 is 5.63 Å². The first-order chi connectivity index (χ1) is 11.0. The molecule has 2 aromatic carbocycles. The van der Waals surface area contributed by atoms with Crippen molar-refractivity contribution in [1.82, 2.24) is 4.90 Å². The van der Waals surface area contributed by atoms with Gasteiger partial charge in [0.1, 0.15) is 11.1 Å². The molecule has 0 aliphatic heterocycles. The second-order valence-corrected chi connectivity index (χ2v) is 6.19. The molecule has 23 heavy (non-hydrogen) atoms. The van der Waals surface area contributed by atoms with Crippen LogP contribution in [0.2, 0.25) is 0 Å². The Morgan fingerprint density at radius 3 is 2.61 bits per heavy atom. The summed E-state index contributed by atoms with van der Waals surface area (Å²) in [7, 11) is 1.67.